The lowest BCUT2D eigenvalue weighted by molar-refractivity contribution is -0.300. The van der Waals surface area contributed by atoms with Gasteiger partial charge in [-0.25, -0.2) is 0 Å². The van der Waals surface area contributed by atoms with E-state index >= 15 is 0 Å². The van der Waals surface area contributed by atoms with Gasteiger partial charge in [-0.3, -0.25) is 9.11 Å². The number of allylic oxidation sites excluding steroid dienone is 1. The Morgan fingerprint density at radius 2 is 1.56 bits per heavy atom. The van der Waals surface area contributed by atoms with Crippen LogP contribution in [0.4, 0.5) is 0 Å². The monoisotopic (exact) mass is 155 g/mol. The SMILES string of the molecule is C=C(C)[O-].O=S(=O)(O)O. The highest BCUT2D eigenvalue weighted by Crippen LogP contribution is 1.59. The minimum absolute atomic E-state index is 0.0833. The van der Waals surface area contributed by atoms with Crippen molar-refractivity contribution >= 4 is 10.4 Å². The maximum absolute atomic E-state index is 9.33. The number of rotatable bonds is 0. The van der Waals surface area contributed by atoms with Gasteiger partial charge in [-0.15, -0.1) is 12.3 Å². The van der Waals surface area contributed by atoms with Crippen molar-refractivity contribution in [2.75, 3.05) is 0 Å². The molecule has 2 N–H and O–H groups in total. The third kappa shape index (κ3) is 623. The fourth-order valence-electron chi connectivity index (χ4n) is 0. The van der Waals surface area contributed by atoms with Crippen molar-refractivity contribution in [3.8, 4) is 0 Å². The van der Waals surface area contributed by atoms with Gasteiger partial charge >= 0.3 is 10.4 Å². The minimum atomic E-state index is -4.67. The molecule has 0 bridgehead atoms. The molecule has 9 heavy (non-hydrogen) atoms. The van der Waals surface area contributed by atoms with E-state index in [-0.39, 0.29) is 5.76 Å². The van der Waals surface area contributed by atoms with Crippen LogP contribution in [0.3, 0.4) is 0 Å². The molecule has 0 aliphatic heterocycles. The third-order valence-electron chi connectivity index (χ3n) is 0. The molecular weight excluding hydrogens is 148 g/mol. The molecule has 0 aromatic carbocycles. The molecule has 0 amide bonds. The van der Waals surface area contributed by atoms with Crippen LogP contribution in [0.5, 0.6) is 0 Å². The minimum Gasteiger partial charge on any atom is -0.876 e. The highest BCUT2D eigenvalue weighted by atomic mass is 32.3. The second kappa shape index (κ2) is 4.30. The first-order valence-electron chi connectivity index (χ1n) is 1.76. The van der Waals surface area contributed by atoms with E-state index in [1.54, 1.807) is 0 Å². The van der Waals surface area contributed by atoms with E-state index in [4.69, 9.17) is 17.5 Å². The molecule has 0 rings (SSSR count). The Labute approximate surface area is 53.2 Å². The molecule has 0 atom stereocenters. The van der Waals surface area contributed by atoms with Gasteiger partial charge in [-0.2, -0.15) is 8.42 Å². The molecule has 0 aromatic heterocycles. The maximum Gasteiger partial charge on any atom is 0.394 e. The van der Waals surface area contributed by atoms with Crippen LogP contribution in [0.2, 0.25) is 0 Å². The second-order valence-corrected chi connectivity index (χ2v) is 2.05. The molecule has 0 aromatic rings. The molecule has 0 saturated carbocycles. The Kier molecular flexibility index (Phi) is 5.38. The van der Waals surface area contributed by atoms with E-state index in [1.165, 1.54) is 6.92 Å². The second-order valence-electron chi connectivity index (χ2n) is 1.15. The largest absolute Gasteiger partial charge is 0.876 e. The Balaban J connectivity index is 0. The quantitative estimate of drug-likeness (QED) is 0.353. The van der Waals surface area contributed by atoms with Gasteiger partial charge in [0, 0.05) is 0 Å². The average Bonchev–Trinajstić information content (AvgIpc) is 1.19. The van der Waals surface area contributed by atoms with Crippen molar-refractivity contribution in [3.05, 3.63) is 12.3 Å². The van der Waals surface area contributed by atoms with Gasteiger partial charge in [0.25, 0.3) is 0 Å². The Bertz CT molecular complexity index is 155. The highest BCUT2D eigenvalue weighted by molar-refractivity contribution is 7.79. The molecule has 0 unspecified atom stereocenters. The van der Waals surface area contributed by atoms with Crippen LogP contribution >= 0.6 is 0 Å². The number of hydrogen-bond acceptors (Lipinski definition) is 3. The van der Waals surface area contributed by atoms with Gasteiger partial charge < -0.3 is 5.11 Å². The van der Waals surface area contributed by atoms with Crippen molar-refractivity contribution in [3.63, 3.8) is 0 Å². The van der Waals surface area contributed by atoms with Crippen molar-refractivity contribution < 1.29 is 22.6 Å². The summed E-state index contributed by atoms with van der Waals surface area (Å²) in [5, 5.41) is 9.33. The molecule has 6 heteroatoms. The van der Waals surface area contributed by atoms with Crippen LogP contribution < -0.4 is 5.11 Å². The van der Waals surface area contributed by atoms with Crippen LogP contribution in [-0.4, -0.2) is 17.5 Å². The van der Waals surface area contributed by atoms with Gasteiger partial charge in [-0.1, -0.05) is 6.92 Å². The summed E-state index contributed by atoms with van der Waals surface area (Å²) in [6, 6.07) is 0. The summed E-state index contributed by atoms with van der Waals surface area (Å²) in [6.07, 6.45) is 0. The fourth-order valence-corrected chi connectivity index (χ4v) is 0. The average molecular weight is 155 g/mol. The number of hydrogen-bond donors (Lipinski definition) is 2. The van der Waals surface area contributed by atoms with E-state index in [0.29, 0.717) is 0 Å². The van der Waals surface area contributed by atoms with Gasteiger partial charge in [0.15, 0.2) is 0 Å². The van der Waals surface area contributed by atoms with Crippen molar-refractivity contribution in [2.24, 2.45) is 0 Å². The van der Waals surface area contributed by atoms with Gasteiger partial charge in [-0.05, 0) is 0 Å². The topological polar surface area (TPSA) is 97.7 Å². The zero-order valence-corrected chi connectivity index (χ0v) is 5.55. The first kappa shape index (κ1) is 11.2. The fraction of sp³-hybridized carbons (Fsp3) is 0.333. The summed E-state index contributed by atoms with van der Waals surface area (Å²) in [4.78, 5) is 0. The molecule has 0 heterocycles. The van der Waals surface area contributed by atoms with Crippen molar-refractivity contribution in [1.29, 1.82) is 0 Å². The lowest BCUT2D eigenvalue weighted by Crippen LogP contribution is -1.92. The van der Waals surface area contributed by atoms with E-state index in [2.05, 4.69) is 6.58 Å². The van der Waals surface area contributed by atoms with Crippen molar-refractivity contribution in [1.82, 2.24) is 0 Å². The normalized spacial score (nSPS) is 9.22. The Morgan fingerprint density at radius 1 is 1.56 bits per heavy atom. The van der Waals surface area contributed by atoms with E-state index in [0.717, 1.165) is 0 Å². The van der Waals surface area contributed by atoms with Crippen LogP contribution in [0.25, 0.3) is 0 Å². The summed E-state index contributed by atoms with van der Waals surface area (Å²) in [5.74, 6) is -0.0833. The van der Waals surface area contributed by atoms with Crippen LogP contribution in [-0.2, 0) is 10.4 Å². The molecule has 0 saturated heterocycles. The van der Waals surface area contributed by atoms with Gasteiger partial charge in [0.05, 0.1) is 0 Å². The van der Waals surface area contributed by atoms with E-state index in [1.807, 2.05) is 0 Å². The molecule has 56 valence electrons. The molecular formula is C3H7O5S-. The molecule has 0 fully saturated rings. The molecule has 0 spiro atoms. The zero-order chi connectivity index (χ0) is 8.08. The zero-order valence-electron chi connectivity index (χ0n) is 4.73. The highest BCUT2D eigenvalue weighted by Gasteiger charge is 1.84. The summed E-state index contributed by atoms with van der Waals surface area (Å²) >= 11 is 0. The summed E-state index contributed by atoms with van der Waals surface area (Å²) in [5.41, 5.74) is 0. The van der Waals surface area contributed by atoms with Crippen LogP contribution in [0, 0.1) is 0 Å². The first-order chi connectivity index (χ1) is 3.73. The summed E-state index contributed by atoms with van der Waals surface area (Å²) < 4.78 is 31.6. The lowest BCUT2D eigenvalue weighted by atomic mass is 10.7. The summed E-state index contributed by atoms with van der Waals surface area (Å²) in [7, 11) is -4.67. The van der Waals surface area contributed by atoms with Crippen molar-refractivity contribution in [2.45, 2.75) is 6.92 Å². The smallest absolute Gasteiger partial charge is 0.394 e. The maximum atomic E-state index is 9.33. The Hall–Kier alpha value is -0.590. The predicted molar refractivity (Wildman–Crippen MR) is 29.0 cm³/mol. The lowest BCUT2D eigenvalue weighted by Gasteiger charge is -1.92. The molecule has 0 aliphatic carbocycles. The van der Waals surface area contributed by atoms with E-state index in [9.17, 15) is 5.11 Å². The Morgan fingerprint density at radius 3 is 1.56 bits per heavy atom. The molecule has 0 radical (unpaired) electrons. The third-order valence-corrected chi connectivity index (χ3v) is 0. The van der Waals surface area contributed by atoms with Gasteiger partial charge in [0.1, 0.15) is 0 Å². The van der Waals surface area contributed by atoms with E-state index < -0.39 is 10.4 Å². The molecule has 0 aliphatic rings. The summed E-state index contributed by atoms with van der Waals surface area (Å²) in [6.45, 7) is 4.42. The molecule has 5 nitrogen and oxygen atoms in total. The standard InChI is InChI=1S/C3H6O.H2O4S/c1-3(2)4;1-5(2,3)4/h4H,1H2,2H3;(H2,1,2,3,4)/p-1. The van der Waals surface area contributed by atoms with Crippen LogP contribution in [0.15, 0.2) is 12.3 Å². The van der Waals surface area contributed by atoms with Crippen LogP contribution in [0.1, 0.15) is 6.92 Å². The van der Waals surface area contributed by atoms with Gasteiger partial charge in [0.2, 0.25) is 0 Å². The first-order valence-corrected chi connectivity index (χ1v) is 3.15. The predicted octanol–water partition coefficient (Wildman–Crippen LogP) is -0.772.